The van der Waals surface area contributed by atoms with E-state index in [1.807, 2.05) is 48.6 Å². The molecule has 3 saturated heterocycles. The number of ketones is 1. The number of hydrogen-bond donors (Lipinski definition) is 3. The Bertz CT molecular complexity index is 1420. The normalized spacial score (nSPS) is 45.0. The largest absolute Gasteiger partial charge is 0.458 e. The lowest BCUT2D eigenvalue weighted by Crippen LogP contribution is -2.63. The molecule has 0 aromatic carbocycles. The van der Waals surface area contributed by atoms with Gasteiger partial charge in [0, 0.05) is 57.9 Å². The highest BCUT2D eigenvalue weighted by Crippen LogP contribution is 2.46. The molecule has 4 N–H and O–H groups in total. The number of rotatable bonds is 11. The second-order valence-electron chi connectivity index (χ2n) is 18.6. The van der Waals surface area contributed by atoms with E-state index in [-0.39, 0.29) is 37.2 Å². The van der Waals surface area contributed by atoms with E-state index >= 15 is 0 Å². The van der Waals surface area contributed by atoms with Crippen molar-refractivity contribution in [1.82, 2.24) is 4.90 Å². The number of hydrogen-bond acceptors (Lipinski definition) is 14. The van der Waals surface area contributed by atoms with Gasteiger partial charge in [-0.2, -0.15) is 0 Å². The summed E-state index contributed by atoms with van der Waals surface area (Å²) in [6.07, 6.45) is -4.71. The van der Waals surface area contributed by atoms with E-state index in [2.05, 4.69) is 11.5 Å². The van der Waals surface area contributed by atoms with E-state index in [1.54, 1.807) is 41.7 Å². The van der Waals surface area contributed by atoms with Crippen LogP contribution in [-0.2, 0) is 47.5 Å². The van der Waals surface area contributed by atoms with Crippen molar-refractivity contribution in [3.05, 3.63) is 12.2 Å². The molecule has 3 aliphatic rings. The Morgan fingerprint density at radius 2 is 1.57 bits per heavy atom. The van der Waals surface area contributed by atoms with Crippen LogP contribution in [0.25, 0.3) is 0 Å². The molecule has 0 radical (unpaired) electrons. The molecule has 3 aliphatic heterocycles. The van der Waals surface area contributed by atoms with Gasteiger partial charge in [0.05, 0.1) is 47.6 Å². The van der Waals surface area contributed by atoms with Crippen molar-refractivity contribution in [3.8, 4) is 0 Å². The number of nitrogens with zero attached hydrogens (tertiary/aromatic N) is 1. The van der Waals surface area contributed by atoms with Gasteiger partial charge >= 0.3 is 11.9 Å². The van der Waals surface area contributed by atoms with Crippen molar-refractivity contribution in [3.63, 3.8) is 0 Å². The summed E-state index contributed by atoms with van der Waals surface area (Å²) < 4.78 is 44.7. The average molecular weight is 827 g/mol. The molecule has 14 nitrogen and oxygen atoms in total. The molecule has 0 aromatic rings. The lowest BCUT2D eigenvalue weighted by molar-refractivity contribution is -0.305. The predicted octanol–water partition coefficient (Wildman–Crippen LogP) is 4.59. The molecule has 1 unspecified atom stereocenters. The summed E-state index contributed by atoms with van der Waals surface area (Å²) in [4.78, 5) is 43.9. The van der Waals surface area contributed by atoms with E-state index in [9.17, 15) is 24.6 Å². The first-order valence-electron chi connectivity index (χ1n) is 21.3. The maximum Gasteiger partial charge on any atom is 0.309 e. The van der Waals surface area contributed by atoms with Crippen LogP contribution in [0.3, 0.4) is 0 Å². The fraction of sp³-hybridized carbons (Fsp3) is 0.886. The zero-order chi connectivity index (χ0) is 44.2. The Kier molecular flexibility index (Phi) is 17.6. The third-order valence-corrected chi connectivity index (χ3v) is 13.9. The molecule has 0 aliphatic carbocycles. The van der Waals surface area contributed by atoms with E-state index in [0.717, 1.165) is 12.0 Å². The minimum Gasteiger partial charge on any atom is -0.458 e. The van der Waals surface area contributed by atoms with E-state index in [0.29, 0.717) is 13.0 Å². The number of aliphatic hydroxyl groups excluding tert-OH is 2. The molecule has 58 heavy (non-hydrogen) atoms. The van der Waals surface area contributed by atoms with Crippen LogP contribution in [0.4, 0.5) is 0 Å². The molecule has 0 spiro atoms. The quantitative estimate of drug-likeness (QED) is 0.194. The van der Waals surface area contributed by atoms with Gasteiger partial charge in [-0.15, -0.1) is 6.58 Å². The van der Waals surface area contributed by atoms with Gasteiger partial charge in [0.25, 0.3) is 0 Å². The van der Waals surface area contributed by atoms with E-state index in [4.69, 9.17) is 38.9 Å². The van der Waals surface area contributed by atoms with Gasteiger partial charge in [-0.05, 0) is 80.2 Å². The lowest BCUT2D eigenvalue weighted by Gasteiger charge is -2.52. The number of esters is 2. The first-order valence-corrected chi connectivity index (χ1v) is 21.3. The number of Topliss-reactive ketones (excluding diaryl/α,β-unsaturated/α-hetero) is 1. The van der Waals surface area contributed by atoms with Gasteiger partial charge in [-0.1, -0.05) is 40.2 Å². The Labute approximate surface area is 348 Å². The molecule has 0 aromatic heterocycles. The van der Waals surface area contributed by atoms with Gasteiger partial charge in [0.1, 0.15) is 24.1 Å². The molecule has 3 heterocycles. The molecular formula is C44H78N2O12. The van der Waals surface area contributed by atoms with Gasteiger partial charge < -0.3 is 54.0 Å². The molecule has 18 atom stereocenters. The van der Waals surface area contributed by atoms with Crippen molar-refractivity contribution in [2.75, 3.05) is 27.8 Å². The predicted molar refractivity (Wildman–Crippen MR) is 220 cm³/mol. The fourth-order valence-electron chi connectivity index (χ4n) is 10.1. The number of aliphatic hydroxyl groups is 2. The summed E-state index contributed by atoms with van der Waals surface area (Å²) in [7, 11) is 5.07. The highest BCUT2D eigenvalue weighted by molar-refractivity contribution is 5.84. The number of methoxy groups -OCH3 is 2. The molecule has 14 heteroatoms. The van der Waals surface area contributed by atoms with Crippen LogP contribution >= 0.6 is 0 Å². The smallest absolute Gasteiger partial charge is 0.309 e. The topological polar surface area (TPSA) is 186 Å². The minimum absolute atomic E-state index is 0.165. The van der Waals surface area contributed by atoms with Crippen LogP contribution in [0, 0.1) is 29.6 Å². The monoisotopic (exact) mass is 827 g/mol. The minimum atomic E-state index is -1.56. The SMILES string of the molecule is C=C(C)CCN(C)[C@H]1C[C@@H](C)O[C@@H](O[C@@H]2[C@@H](C)[C@H](C3C[C@@](C)(OC)[C@@H](O)[C@H](C)O3)[C@@H](C)C(=O)O[C@H](CC)[C@@](C)(OC(C)=O)[C@H](N)[C@@H](C)C(=O)[C@H](C)C[C@@]2(C)OC)[C@@H]1O. The van der Waals surface area contributed by atoms with Crippen LogP contribution in [0.1, 0.15) is 115 Å². The summed E-state index contributed by atoms with van der Waals surface area (Å²) in [6.45, 7) is 26.0. The molecular weight excluding hydrogens is 748 g/mol. The Balaban J connectivity index is 2.30. The second-order valence-corrected chi connectivity index (χ2v) is 18.6. The van der Waals surface area contributed by atoms with Crippen molar-refractivity contribution in [2.45, 2.75) is 193 Å². The zero-order valence-corrected chi connectivity index (χ0v) is 38.1. The third-order valence-electron chi connectivity index (χ3n) is 13.9. The third kappa shape index (κ3) is 10.9. The van der Waals surface area contributed by atoms with Crippen molar-refractivity contribution in [1.29, 1.82) is 0 Å². The Morgan fingerprint density at radius 3 is 2.10 bits per heavy atom. The molecule has 3 fully saturated rings. The van der Waals surface area contributed by atoms with E-state index < -0.39 is 107 Å². The summed E-state index contributed by atoms with van der Waals surface area (Å²) in [6, 6.07) is -1.34. The van der Waals surface area contributed by atoms with Gasteiger partial charge in [0.15, 0.2) is 11.9 Å². The van der Waals surface area contributed by atoms with Crippen LogP contribution in [0.5, 0.6) is 0 Å². The number of likely N-dealkylation sites (N-methyl/N-ethyl adjacent to an activating group) is 1. The summed E-state index contributed by atoms with van der Waals surface area (Å²) >= 11 is 0. The van der Waals surface area contributed by atoms with Crippen molar-refractivity contribution in [2.24, 2.45) is 35.3 Å². The highest BCUT2D eigenvalue weighted by Gasteiger charge is 2.56. The highest BCUT2D eigenvalue weighted by atomic mass is 16.7. The number of carbonyl (C=O) groups excluding carboxylic acids is 3. The fourth-order valence-corrected chi connectivity index (χ4v) is 10.1. The number of carbonyl (C=O) groups is 3. The second kappa shape index (κ2) is 20.2. The standard InChI is InChI=1S/C44H78N2O12/c1-17-33-44(13,58-30(10)47)37(45)28(8)35(48)24(4)21-43(12,53-16)39(57-41-36(49)31(20-25(5)54-41)46(14)19-18-23(2)3)26(6)34(27(7)40(51)56-33)32-22-42(11,52-15)38(50)29(9)55-32/h24-29,31-34,36-39,41,49-50H,2,17-22,45H2,1,3-16H3/t24-,25-,26+,27-,28+,29+,31+,32?,33-,34+,36-,37-,38+,39-,41+,42-,43-,44-/m1/s1. The molecule has 336 valence electrons. The van der Waals surface area contributed by atoms with Gasteiger partial charge in [-0.25, -0.2) is 0 Å². The zero-order valence-electron chi connectivity index (χ0n) is 38.1. The first kappa shape index (κ1) is 50.3. The summed E-state index contributed by atoms with van der Waals surface area (Å²) in [5.74, 6) is -5.03. The summed E-state index contributed by atoms with van der Waals surface area (Å²) in [5, 5.41) is 23.3. The molecule has 0 amide bonds. The maximum atomic E-state index is 14.7. The number of cyclic esters (lactones) is 1. The van der Waals surface area contributed by atoms with Crippen LogP contribution in [-0.4, -0.2) is 139 Å². The molecule has 0 saturated carbocycles. The van der Waals surface area contributed by atoms with Crippen LogP contribution < -0.4 is 5.73 Å². The Hall–Kier alpha value is -2.01. The molecule has 0 bridgehead atoms. The van der Waals surface area contributed by atoms with Gasteiger partial charge in [0.2, 0.25) is 0 Å². The maximum absolute atomic E-state index is 14.7. The molecule has 3 rings (SSSR count). The van der Waals surface area contributed by atoms with Crippen molar-refractivity contribution < 1.29 is 57.8 Å². The average Bonchev–Trinajstić information content (AvgIpc) is 3.15. The van der Waals surface area contributed by atoms with Crippen LogP contribution in [0.15, 0.2) is 12.2 Å². The first-order chi connectivity index (χ1) is 26.8. The number of ether oxygens (including phenoxy) is 7. The van der Waals surface area contributed by atoms with Crippen LogP contribution in [0.2, 0.25) is 0 Å². The van der Waals surface area contributed by atoms with E-state index in [1.165, 1.54) is 14.0 Å². The Morgan fingerprint density at radius 1 is 0.966 bits per heavy atom. The van der Waals surface area contributed by atoms with Gasteiger partial charge in [-0.3, -0.25) is 14.4 Å². The number of nitrogens with two attached hydrogens (primary N) is 1. The van der Waals surface area contributed by atoms with Crippen molar-refractivity contribution >= 4 is 17.7 Å². The summed E-state index contributed by atoms with van der Waals surface area (Å²) in [5.41, 5.74) is 4.12. The lowest BCUT2D eigenvalue weighted by atomic mass is 9.67.